The summed E-state index contributed by atoms with van der Waals surface area (Å²) in [6.07, 6.45) is 1.25. The number of hydrazone groups is 1. The molecule has 1 aliphatic heterocycles. The van der Waals surface area contributed by atoms with Gasteiger partial charge in [0, 0.05) is 0 Å². The van der Waals surface area contributed by atoms with Crippen LogP contribution in [0.3, 0.4) is 0 Å². The zero-order valence-corrected chi connectivity index (χ0v) is 10.9. The Morgan fingerprint density at radius 1 is 1.00 bits per heavy atom. The quantitative estimate of drug-likeness (QED) is 0.861. The first-order valence-electron chi connectivity index (χ1n) is 6.25. The molecule has 1 saturated heterocycles. The topological polar surface area (TPSA) is 52.4 Å². The molecule has 6 heteroatoms. The molecule has 0 radical (unpaired) electrons. The molecule has 4 amide bonds. The van der Waals surface area contributed by atoms with Crippen molar-refractivity contribution >= 4 is 24.0 Å². The molecule has 1 fully saturated rings. The first-order chi connectivity index (χ1) is 10.2. The van der Waals surface area contributed by atoms with E-state index in [9.17, 15) is 14.0 Å². The lowest BCUT2D eigenvalue weighted by Crippen LogP contribution is -2.29. The number of anilines is 1. The Balaban J connectivity index is 1.96. The maximum absolute atomic E-state index is 13.6. The Bertz CT molecular complexity index is 744. The second-order valence-electron chi connectivity index (χ2n) is 4.39. The standard InChI is InChI=1S/C15H10FN3O2/c16-13-9-5-4-6-11(13)10-18-15(21)19(14(20)17-18)12-7-2-1-3-8-12/h1-10H/p+1/b18-10-. The van der Waals surface area contributed by atoms with Gasteiger partial charge in [-0.15, -0.1) is 10.3 Å². The predicted octanol–water partition coefficient (Wildman–Crippen LogP) is 2.52. The van der Waals surface area contributed by atoms with E-state index < -0.39 is 17.9 Å². The van der Waals surface area contributed by atoms with Gasteiger partial charge in [-0.2, -0.15) is 4.79 Å². The van der Waals surface area contributed by atoms with E-state index in [2.05, 4.69) is 5.43 Å². The van der Waals surface area contributed by atoms with Gasteiger partial charge in [-0.05, 0) is 24.3 Å². The minimum atomic E-state index is -0.588. The summed E-state index contributed by atoms with van der Waals surface area (Å²) in [6.45, 7) is 0. The highest BCUT2D eigenvalue weighted by atomic mass is 19.1. The van der Waals surface area contributed by atoms with Gasteiger partial charge in [0.1, 0.15) is 17.7 Å². The van der Waals surface area contributed by atoms with Crippen molar-refractivity contribution in [1.29, 1.82) is 0 Å². The molecule has 0 saturated carbocycles. The molecule has 21 heavy (non-hydrogen) atoms. The molecule has 2 aromatic carbocycles. The molecule has 0 atom stereocenters. The lowest BCUT2D eigenvalue weighted by molar-refractivity contribution is -0.458. The average Bonchev–Trinajstić information content (AvgIpc) is 2.77. The number of urea groups is 2. The zero-order valence-electron chi connectivity index (χ0n) is 10.9. The van der Waals surface area contributed by atoms with Crippen LogP contribution >= 0.6 is 0 Å². The van der Waals surface area contributed by atoms with Gasteiger partial charge in [0.05, 0.1) is 5.56 Å². The molecular weight excluding hydrogens is 273 g/mol. The van der Waals surface area contributed by atoms with Gasteiger partial charge < -0.3 is 0 Å². The van der Waals surface area contributed by atoms with E-state index in [1.807, 2.05) is 0 Å². The summed E-state index contributed by atoms with van der Waals surface area (Å²) in [6, 6.07) is 13.3. The molecule has 3 rings (SSSR count). The summed E-state index contributed by atoms with van der Waals surface area (Å²) in [5, 5.41) is 0. The Hall–Kier alpha value is -3.02. The van der Waals surface area contributed by atoms with E-state index in [1.165, 1.54) is 18.3 Å². The highest BCUT2D eigenvalue weighted by molar-refractivity contribution is 6.14. The maximum atomic E-state index is 13.6. The van der Waals surface area contributed by atoms with Crippen LogP contribution in [0.15, 0.2) is 54.6 Å². The van der Waals surface area contributed by atoms with E-state index >= 15 is 0 Å². The van der Waals surface area contributed by atoms with E-state index in [4.69, 9.17) is 0 Å². The Morgan fingerprint density at radius 3 is 2.38 bits per heavy atom. The van der Waals surface area contributed by atoms with E-state index in [1.54, 1.807) is 42.5 Å². The molecule has 0 bridgehead atoms. The number of halogens is 1. The Morgan fingerprint density at radius 2 is 1.67 bits per heavy atom. The van der Waals surface area contributed by atoms with E-state index in [0.717, 1.165) is 9.58 Å². The van der Waals surface area contributed by atoms with Gasteiger partial charge >= 0.3 is 12.1 Å². The van der Waals surface area contributed by atoms with Gasteiger partial charge in [-0.3, -0.25) is 0 Å². The molecular formula is C15H11FN3O2+. The maximum Gasteiger partial charge on any atom is 0.531 e. The normalized spacial score (nSPS) is 16.4. The molecule has 0 unspecified atom stereocenters. The summed E-state index contributed by atoms with van der Waals surface area (Å²) in [7, 11) is 0. The van der Waals surface area contributed by atoms with Crippen molar-refractivity contribution in [1.82, 2.24) is 5.43 Å². The number of amides is 4. The summed E-state index contributed by atoms with van der Waals surface area (Å²) >= 11 is 0. The van der Waals surface area contributed by atoms with Crippen LogP contribution in [0.5, 0.6) is 0 Å². The monoisotopic (exact) mass is 284 g/mol. The number of rotatable bonds is 2. The van der Waals surface area contributed by atoms with Gasteiger partial charge in [-0.1, -0.05) is 35.0 Å². The fourth-order valence-corrected chi connectivity index (χ4v) is 2.01. The van der Waals surface area contributed by atoms with Crippen molar-refractivity contribution in [3.63, 3.8) is 0 Å². The molecule has 0 aromatic heterocycles. The number of benzene rings is 2. The molecule has 2 aromatic rings. The van der Waals surface area contributed by atoms with Gasteiger partial charge in [0.2, 0.25) is 0 Å². The number of imide groups is 1. The summed E-state index contributed by atoms with van der Waals surface area (Å²) in [5.74, 6) is -0.474. The second kappa shape index (κ2) is 5.16. The van der Waals surface area contributed by atoms with E-state index in [-0.39, 0.29) is 5.56 Å². The third-order valence-corrected chi connectivity index (χ3v) is 3.00. The van der Waals surface area contributed by atoms with Crippen molar-refractivity contribution in [2.45, 2.75) is 0 Å². The summed E-state index contributed by atoms with van der Waals surface area (Å²) < 4.78 is 14.6. The van der Waals surface area contributed by atoms with Crippen LogP contribution in [-0.4, -0.2) is 23.0 Å². The third kappa shape index (κ3) is 2.38. The molecule has 1 N–H and O–H groups in total. The summed E-state index contributed by atoms with van der Waals surface area (Å²) in [4.78, 5) is 25.1. The van der Waals surface area contributed by atoms with Crippen LogP contribution in [0.2, 0.25) is 0 Å². The summed E-state index contributed by atoms with van der Waals surface area (Å²) in [5.41, 5.74) is 3.03. The number of nitrogens with one attached hydrogen (secondary N) is 1. The minimum absolute atomic E-state index is 0.209. The Kier molecular flexibility index (Phi) is 3.19. The van der Waals surface area contributed by atoms with Gasteiger partial charge in [0.15, 0.2) is 0 Å². The van der Waals surface area contributed by atoms with Crippen LogP contribution in [0.25, 0.3) is 0 Å². The highest BCUT2D eigenvalue weighted by Crippen LogP contribution is 2.17. The Labute approximate surface area is 119 Å². The molecule has 1 heterocycles. The lowest BCUT2D eigenvalue weighted by atomic mass is 10.2. The van der Waals surface area contributed by atoms with Crippen LogP contribution < -0.4 is 10.3 Å². The number of hydrazine groups is 1. The fraction of sp³-hybridized carbons (Fsp3) is 0. The molecule has 0 spiro atoms. The van der Waals surface area contributed by atoms with Crippen LogP contribution in [0.4, 0.5) is 19.7 Å². The number of para-hydroxylation sites is 1. The molecule has 104 valence electrons. The smallest absolute Gasteiger partial charge is 0.216 e. The average molecular weight is 284 g/mol. The number of hydrogen-bond acceptors (Lipinski definition) is 2. The van der Waals surface area contributed by atoms with Crippen LogP contribution in [0.1, 0.15) is 5.56 Å². The second-order valence-corrected chi connectivity index (χ2v) is 4.39. The number of hydrogen-bond donors (Lipinski definition) is 1. The van der Waals surface area contributed by atoms with Crippen molar-refractivity contribution in [2.24, 2.45) is 0 Å². The van der Waals surface area contributed by atoms with Crippen molar-refractivity contribution in [2.75, 3.05) is 4.90 Å². The number of nitrogens with zero attached hydrogens (tertiary/aromatic N) is 2. The SMILES string of the molecule is O=C1N/[N+](=C\c2ccccc2F)C(=O)N1c1ccccc1. The van der Waals surface area contributed by atoms with Crippen LogP contribution in [0, 0.1) is 5.82 Å². The molecule has 1 aliphatic rings. The minimum Gasteiger partial charge on any atom is -0.216 e. The van der Waals surface area contributed by atoms with E-state index in [0.29, 0.717) is 5.69 Å². The van der Waals surface area contributed by atoms with Crippen LogP contribution in [-0.2, 0) is 0 Å². The fourth-order valence-electron chi connectivity index (χ4n) is 2.01. The molecule has 5 nitrogen and oxygen atoms in total. The largest absolute Gasteiger partial charge is 0.531 e. The van der Waals surface area contributed by atoms with Crippen molar-refractivity contribution in [3.8, 4) is 0 Å². The lowest BCUT2D eigenvalue weighted by Gasteiger charge is -2.00. The van der Waals surface area contributed by atoms with Gasteiger partial charge in [-0.25, -0.2) is 9.18 Å². The third-order valence-electron chi connectivity index (χ3n) is 3.00. The molecule has 0 aliphatic carbocycles. The first kappa shape index (κ1) is 13.0. The number of carbonyl (C=O) groups excluding carboxylic acids is 2. The highest BCUT2D eigenvalue weighted by Gasteiger charge is 2.44. The van der Waals surface area contributed by atoms with Gasteiger partial charge in [0.25, 0.3) is 0 Å². The number of carbonyl (C=O) groups is 2. The first-order valence-corrected chi connectivity index (χ1v) is 6.25. The predicted molar refractivity (Wildman–Crippen MR) is 74.7 cm³/mol. The van der Waals surface area contributed by atoms with Crippen molar-refractivity contribution in [3.05, 3.63) is 66.0 Å². The zero-order chi connectivity index (χ0) is 14.8. The van der Waals surface area contributed by atoms with Crippen molar-refractivity contribution < 1.29 is 18.7 Å².